The Kier molecular flexibility index (Phi) is 7.74. The number of likely N-dealkylation sites (tertiary alicyclic amines) is 1. The van der Waals surface area contributed by atoms with Gasteiger partial charge in [-0.05, 0) is 84.3 Å². The molecule has 3 heterocycles. The van der Waals surface area contributed by atoms with E-state index in [-0.39, 0.29) is 29.6 Å². The SMILES string of the molecule is C[C@@H](c1c[nH]c2ccccc12)[C@@H](NC(=O)N1CCC(c2ccc(F)cc2)CC1)C(=O)Nc1ccc2c(c1)CNCC2. The maximum absolute atomic E-state index is 13.8. The first-order valence-corrected chi connectivity index (χ1v) is 14.5. The summed E-state index contributed by atoms with van der Waals surface area (Å²) in [5.41, 5.74) is 6.27. The lowest BCUT2D eigenvalue weighted by Gasteiger charge is -2.34. The van der Waals surface area contributed by atoms with E-state index in [1.54, 1.807) is 4.90 Å². The molecule has 0 aliphatic carbocycles. The van der Waals surface area contributed by atoms with E-state index >= 15 is 0 Å². The number of aromatic nitrogens is 1. The average molecular weight is 554 g/mol. The molecule has 1 fully saturated rings. The number of nitrogens with zero attached hydrogens (tertiary/aromatic N) is 1. The smallest absolute Gasteiger partial charge is 0.318 e. The number of urea groups is 1. The normalized spacial score (nSPS) is 17.1. The monoisotopic (exact) mass is 553 g/mol. The van der Waals surface area contributed by atoms with Crippen LogP contribution in [0.25, 0.3) is 10.9 Å². The number of amides is 3. The number of halogens is 1. The van der Waals surface area contributed by atoms with Gasteiger partial charge in [-0.2, -0.15) is 0 Å². The molecule has 2 atom stereocenters. The molecule has 41 heavy (non-hydrogen) atoms. The molecular formula is C33H36FN5O2. The van der Waals surface area contributed by atoms with Crippen LogP contribution >= 0.6 is 0 Å². The van der Waals surface area contributed by atoms with Gasteiger partial charge in [-0.1, -0.05) is 43.3 Å². The first-order chi connectivity index (χ1) is 20.0. The molecule has 7 nitrogen and oxygen atoms in total. The molecule has 4 N–H and O–H groups in total. The molecule has 0 spiro atoms. The van der Waals surface area contributed by atoms with Crippen molar-refractivity contribution in [3.8, 4) is 0 Å². The quantitative estimate of drug-likeness (QED) is 0.249. The molecule has 3 amide bonds. The zero-order valence-corrected chi connectivity index (χ0v) is 23.3. The molecule has 1 aromatic heterocycles. The number of para-hydroxylation sites is 1. The highest BCUT2D eigenvalue weighted by Gasteiger charge is 2.32. The fourth-order valence-corrected chi connectivity index (χ4v) is 6.22. The molecule has 1 saturated heterocycles. The van der Waals surface area contributed by atoms with Crippen LogP contribution < -0.4 is 16.0 Å². The zero-order chi connectivity index (χ0) is 28.3. The molecule has 0 unspecified atom stereocenters. The van der Waals surface area contributed by atoms with Gasteiger partial charge >= 0.3 is 6.03 Å². The minimum atomic E-state index is -0.786. The van der Waals surface area contributed by atoms with E-state index in [0.717, 1.165) is 60.1 Å². The summed E-state index contributed by atoms with van der Waals surface area (Å²) in [6.07, 6.45) is 4.48. The molecule has 4 aromatic rings. The minimum Gasteiger partial charge on any atom is -0.361 e. The molecule has 0 saturated carbocycles. The summed E-state index contributed by atoms with van der Waals surface area (Å²) < 4.78 is 13.4. The molecule has 0 bridgehead atoms. The number of anilines is 1. The van der Waals surface area contributed by atoms with E-state index in [1.807, 2.05) is 61.7 Å². The lowest BCUT2D eigenvalue weighted by atomic mass is 9.89. The van der Waals surface area contributed by atoms with Crippen molar-refractivity contribution in [1.29, 1.82) is 0 Å². The number of benzene rings is 3. The van der Waals surface area contributed by atoms with E-state index in [2.05, 4.69) is 27.0 Å². The zero-order valence-electron chi connectivity index (χ0n) is 23.3. The van der Waals surface area contributed by atoms with Crippen molar-refractivity contribution >= 4 is 28.5 Å². The maximum Gasteiger partial charge on any atom is 0.318 e. The molecule has 0 radical (unpaired) electrons. The molecule has 6 rings (SSSR count). The van der Waals surface area contributed by atoms with Gasteiger partial charge in [0, 0.05) is 48.3 Å². The van der Waals surface area contributed by atoms with Crippen molar-refractivity contribution < 1.29 is 14.0 Å². The average Bonchev–Trinajstić information content (AvgIpc) is 3.44. The van der Waals surface area contributed by atoms with Crippen LogP contribution in [-0.4, -0.2) is 47.5 Å². The number of fused-ring (bicyclic) bond motifs is 2. The van der Waals surface area contributed by atoms with E-state index < -0.39 is 6.04 Å². The van der Waals surface area contributed by atoms with Crippen molar-refractivity contribution in [2.75, 3.05) is 25.0 Å². The third-order valence-corrected chi connectivity index (χ3v) is 8.66. The largest absolute Gasteiger partial charge is 0.361 e. The van der Waals surface area contributed by atoms with E-state index in [1.165, 1.54) is 23.3 Å². The Morgan fingerprint density at radius 2 is 1.78 bits per heavy atom. The summed E-state index contributed by atoms with van der Waals surface area (Å²) in [6.45, 7) is 4.86. The number of hydrogen-bond donors (Lipinski definition) is 4. The standard InChI is InChI=1S/C33H36FN5O2/c1-21(29-20-36-30-5-3-2-4-28(29)30)31(32(40)37-27-11-8-23-12-15-35-19-25(23)18-27)38-33(41)39-16-13-24(14-17-39)22-6-9-26(34)10-7-22/h2-11,18,20-21,24,31,35-36H,12-17,19H2,1H3,(H,37,40)(H,38,41)/t21-,31+/m0/s1. The maximum atomic E-state index is 13.8. The molecule has 212 valence electrons. The van der Waals surface area contributed by atoms with Crippen LogP contribution in [0.3, 0.4) is 0 Å². The highest BCUT2D eigenvalue weighted by atomic mass is 19.1. The van der Waals surface area contributed by atoms with Gasteiger partial charge in [0.05, 0.1) is 0 Å². The second-order valence-corrected chi connectivity index (χ2v) is 11.2. The van der Waals surface area contributed by atoms with Crippen LogP contribution in [0, 0.1) is 5.82 Å². The van der Waals surface area contributed by atoms with E-state index in [9.17, 15) is 14.0 Å². The van der Waals surface area contributed by atoms with Gasteiger partial charge < -0.3 is 25.8 Å². The Labute approximate surface area is 239 Å². The highest BCUT2D eigenvalue weighted by Crippen LogP contribution is 2.31. The summed E-state index contributed by atoms with van der Waals surface area (Å²) in [4.78, 5) is 32.5. The Balaban J connectivity index is 1.20. The predicted molar refractivity (Wildman–Crippen MR) is 159 cm³/mol. The molecular weight excluding hydrogens is 517 g/mol. The third-order valence-electron chi connectivity index (χ3n) is 8.66. The van der Waals surface area contributed by atoms with Crippen molar-refractivity contribution in [2.45, 2.75) is 50.6 Å². The summed E-state index contributed by atoms with van der Waals surface area (Å²) in [5, 5.41) is 10.6. The number of nitrogens with one attached hydrogen (secondary N) is 4. The second kappa shape index (κ2) is 11.7. The number of carbonyl (C=O) groups excluding carboxylic acids is 2. The third kappa shape index (κ3) is 5.84. The molecule has 2 aliphatic rings. The minimum absolute atomic E-state index is 0.244. The van der Waals surface area contributed by atoms with Crippen LogP contribution in [0.4, 0.5) is 14.9 Å². The van der Waals surface area contributed by atoms with Gasteiger partial charge in [0.25, 0.3) is 0 Å². The molecule has 3 aromatic carbocycles. The number of piperidine rings is 1. The van der Waals surface area contributed by atoms with Crippen molar-refractivity contribution in [3.05, 3.63) is 101 Å². The first-order valence-electron chi connectivity index (χ1n) is 14.5. The first kappa shape index (κ1) is 27.0. The topological polar surface area (TPSA) is 89.3 Å². The highest BCUT2D eigenvalue weighted by molar-refractivity contribution is 5.98. The Bertz CT molecular complexity index is 1540. The summed E-state index contributed by atoms with van der Waals surface area (Å²) in [5.74, 6) is -0.499. The van der Waals surface area contributed by atoms with Gasteiger partial charge in [0.15, 0.2) is 0 Å². The Hall–Kier alpha value is -4.17. The van der Waals surface area contributed by atoms with Crippen LogP contribution in [-0.2, 0) is 17.8 Å². The Morgan fingerprint density at radius 1 is 1.00 bits per heavy atom. The van der Waals surface area contributed by atoms with Gasteiger partial charge in [0.1, 0.15) is 11.9 Å². The van der Waals surface area contributed by atoms with Crippen LogP contribution in [0.15, 0.2) is 72.9 Å². The number of hydrogen-bond acceptors (Lipinski definition) is 3. The number of rotatable bonds is 6. The summed E-state index contributed by atoms with van der Waals surface area (Å²) >= 11 is 0. The van der Waals surface area contributed by atoms with E-state index in [4.69, 9.17) is 0 Å². The predicted octanol–water partition coefficient (Wildman–Crippen LogP) is 5.65. The van der Waals surface area contributed by atoms with E-state index in [0.29, 0.717) is 13.1 Å². The van der Waals surface area contributed by atoms with Crippen molar-refractivity contribution in [3.63, 3.8) is 0 Å². The number of H-pyrrole nitrogens is 1. The van der Waals surface area contributed by atoms with Gasteiger partial charge in [-0.25, -0.2) is 9.18 Å². The van der Waals surface area contributed by atoms with Gasteiger partial charge in [0.2, 0.25) is 5.91 Å². The van der Waals surface area contributed by atoms with Crippen molar-refractivity contribution in [2.24, 2.45) is 0 Å². The summed E-state index contributed by atoms with van der Waals surface area (Å²) in [7, 11) is 0. The van der Waals surface area contributed by atoms with Crippen LogP contribution in [0.5, 0.6) is 0 Å². The van der Waals surface area contributed by atoms with Crippen molar-refractivity contribution in [1.82, 2.24) is 20.5 Å². The lowest BCUT2D eigenvalue weighted by Crippen LogP contribution is -2.53. The second-order valence-electron chi connectivity index (χ2n) is 11.2. The number of carbonyl (C=O) groups is 2. The summed E-state index contributed by atoms with van der Waals surface area (Å²) in [6, 6.07) is 19.6. The van der Waals surface area contributed by atoms with Gasteiger partial charge in [-0.15, -0.1) is 0 Å². The van der Waals surface area contributed by atoms with Gasteiger partial charge in [-0.3, -0.25) is 4.79 Å². The van der Waals surface area contributed by atoms with Crippen LogP contribution in [0.1, 0.15) is 53.9 Å². The molecule has 8 heteroatoms. The van der Waals surface area contributed by atoms with Crippen LogP contribution in [0.2, 0.25) is 0 Å². The molecule has 2 aliphatic heterocycles. The Morgan fingerprint density at radius 3 is 2.59 bits per heavy atom. The fourth-order valence-electron chi connectivity index (χ4n) is 6.22. The lowest BCUT2D eigenvalue weighted by molar-refractivity contribution is -0.118. The number of aromatic amines is 1. The fraction of sp³-hybridized carbons (Fsp3) is 0.333.